The van der Waals surface area contributed by atoms with Crippen molar-refractivity contribution in [3.8, 4) is 0 Å². The molecule has 1 heterocycles. The van der Waals surface area contributed by atoms with E-state index in [1.165, 1.54) is 12.5 Å². The highest BCUT2D eigenvalue weighted by Crippen LogP contribution is 1.99. The first-order chi connectivity index (χ1) is 6.14. The van der Waals surface area contributed by atoms with Crippen LogP contribution >= 0.6 is 0 Å². The van der Waals surface area contributed by atoms with E-state index in [9.17, 15) is 8.42 Å². The van der Waals surface area contributed by atoms with E-state index < -0.39 is 10.0 Å². The molecule has 0 amide bonds. The van der Waals surface area contributed by atoms with Gasteiger partial charge in [0.05, 0.1) is 18.3 Å². The lowest BCUT2D eigenvalue weighted by molar-refractivity contribution is 0.561. The SMILES string of the molecule is NCCS(=O)(=O)NCc1ccoc1. The van der Waals surface area contributed by atoms with Crippen molar-refractivity contribution in [2.24, 2.45) is 5.73 Å². The molecule has 0 aromatic carbocycles. The number of hydrogen-bond acceptors (Lipinski definition) is 4. The molecule has 0 bridgehead atoms. The summed E-state index contributed by atoms with van der Waals surface area (Å²) in [6, 6.07) is 1.70. The molecule has 0 atom stereocenters. The second kappa shape index (κ2) is 4.40. The fourth-order valence-electron chi connectivity index (χ4n) is 0.814. The summed E-state index contributed by atoms with van der Waals surface area (Å²) in [5.41, 5.74) is 5.92. The van der Waals surface area contributed by atoms with E-state index in [2.05, 4.69) is 4.72 Å². The molecule has 3 N–H and O–H groups in total. The Morgan fingerprint density at radius 3 is 2.85 bits per heavy atom. The maximum Gasteiger partial charge on any atom is 0.213 e. The molecular weight excluding hydrogens is 192 g/mol. The predicted molar refractivity (Wildman–Crippen MR) is 48.4 cm³/mol. The molecule has 1 aromatic heterocycles. The van der Waals surface area contributed by atoms with Gasteiger partial charge in [-0.15, -0.1) is 0 Å². The summed E-state index contributed by atoms with van der Waals surface area (Å²) < 4.78 is 29.4. The van der Waals surface area contributed by atoms with Crippen molar-refractivity contribution < 1.29 is 12.8 Å². The zero-order valence-corrected chi connectivity index (χ0v) is 7.88. The number of furan rings is 1. The van der Waals surface area contributed by atoms with Gasteiger partial charge in [-0.05, 0) is 6.07 Å². The Kier molecular flexibility index (Phi) is 3.47. The molecule has 0 aliphatic carbocycles. The van der Waals surface area contributed by atoms with Gasteiger partial charge in [-0.1, -0.05) is 0 Å². The molecule has 0 saturated heterocycles. The van der Waals surface area contributed by atoms with E-state index >= 15 is 0 Å². The van der Waals surface area contributed by atoms with E-state index in [-0.39, 0.29) is 18.8 Å². The van der Waals surface area contributed by atoms with E-state index in [0.29, 0.717) is 0 Å². The molecule has 5 nitrogen and oxygen atoms in total. The largest absolute Gasteiger partial charge is 0.472 e. The summed E-state index contributed by atoms with van der Waals surface area (Å²) in [6.45, 7) is 0.375. The van der Waals surface area contributed by atoms with Gasteiger partial charge >= 0.3 is 0 Å². The Labute approximate surface area is 77.0 Å². The zero-order valence-electron chi connectivity index (χ0n) is 7.06. The third-order valence-electron chi connectivity index (χ3n) is 1.46. The highest BCUT2D eigenvalue weighted by molar-refractivity contribution is 7.89. The number of hydrogen-bond donors (Lipinski definition) is 2. The average Bonchev–Trinajstić information content (AvgIpc) is 2.52. The first-order valence-corrected chi connectivity index (χ1v) is 5.48. The van der Waals surface area contributed by atoms with Crippen LogP contribution < -0.4 is 10.5 Å². The van der Waals surface area contributed by atoms with Crippen LogP contribution in [-0.2, 0) is 16.6 Å². The molecule has 74 valence electrons. The number of nitrogens with one attached hydrogen (secondary N) is 1. The van der Waals surface area contributed by atoms with Gasteiger partial charge in [0.2, 0.25) is 10.0 Å². The maximum absolute atomic E-state index is 11.1. The lowest BCUT2D eigenvalue weighted by Gasteiger charge is -2.02. The van der Waals surface area contributed by atoms with Crippen molar-refractivity contribution in [1.82, 2.24) is 4.72 Å². The van der Waals surface area contributed by atoms with Crippen LogP contribution in [0.5, 0.6) is 0 Å². The van der Waals surface area contributed by atoms with Gasteiger partial charge in [0.15, 0.2) is 0 Å². The molecule has 0 fully saturated rings. The summed E-state index contributed by atoms with van der Waals surface area (Å²) in [5, 5.41) is 0. The summed E-state index contributed by atoms with van der Waals surface area (Å²) in [4.78, 5) is 0. The second-order valence-corrected chi connectivity index (χ2v) is 4.49. The number of rotatable bonds is 5. The van der Waals surface area contributed by atoms with Crippen LogP contribution in [0.3, 0.4) is 0 Å². The first-order valence-electron chi connectivity index (χ1n) is 3.82. The third kappa shape index (κ3) is 3.58. The topological polar surface area (TPSA) is 85.3 Å². The number of nitrogens with two attached hydrogens (primary N) is 1. The third-order valence-corrected chi connectivity index (χ3v) is 2.82. The van der Waals surface area contributed by atoms with Gasteiger partial charge in [0.25, 0.3) is 0 Å². The zero-order chi connectivity index (χ0) is 9.73. The molecule has 0 aliphatic heterocycles. The molecule has 13 heavy (non-hydrogen) atoms. The van der Waals surface area contributed by atoms with Gasteiger partial charge in [-0.25, -0.2) is 13.1 Å². The minimum atomic E-state index is -3.22. The van der Waals surface area contributed by atoms with E-state index in [0.717, 1.165) is 5.56 Å². The molecule has 0 unspecified atom stereocenters. The summed E-state index contributed by atoms with van der Waals surface area (Å²) in [5.74, 6) is -0.0507. The molecule has 0 saturated carbocycles. The van der Waals surface area contributed by atoms with Crippen LogP contribution in [-0.4, -0.2) is 20.7 Å². The van der Waals surface area contributed by atoms with Crippen LogP contribution in [0.25, 0.3) is 0 Å². The minimum absolute atomic E-state index is 0.0507. The summed E-state index contributed by atoms with van der Waals surface area (Å²) in [7, 11) is -3.22. The normalized spacial score (nSPS) is 11.8. The molecule has 0 aliphatic rings. The van der Waals surface area contributed by atoms with Crippen molar-refractivity contribution in [1.29, 1.82) is 0 Å². The highest BCUT2D eigenvalue weighted by atomic mass is 32.2. The Morgan fingerprint density at radius 1 is 1.54 bits per heavy atom. The van der Waals surface area contributed by atoms with Gasteiger partial charge in [-0.3, -0.25) is 0 Å². The molecule has 1 aromatic rings. The van der Waals surface area contributed by atoms with Crippen LogP contribution in [0.2, 0.25) is 0 Å². The Balaban J connectivity index is 2.43. The van der Waals surface area contributed by atoms with Crippen LogP contribution in [0, 0.1) is 0 Å². The molecule has 0 spiro atoms. The van der Waals surface area contributed by atoms with Crippen molar-refractivity contribution in [2.45, 2.75) is 6.54 Å². The Morgan fingerprint density at radius 2 is 2.31 bits per heavy atom. The van der Waals surface area contributed by atoms with Crippen molar-refractivity contribution in [3.05, 3.63) is 24.2 Å². The van der Waals surface area contributed by atoms with E-state index in [1.54, 1.807) is 6.07 Å². The standard InChI is InChI=1S/C7H12N2O3S/c8-2-4-13(10,11)9-5-7-1-3-12-6-7/h1,3,6,9H,2,4-5,8H2. The predicted octanol–water partition coefficient (Wildman–Crippen LogP) is -0.342. The maximum atomic E-state index is 11.1. The minimum Gasteiger partial charge on any atom is -0.472 e. The van der Waals surface area contributed by atoms with Gasteiger partial charge in [0.1, 0.15) is 0 Å². The molecule has 0 radical (unpaired) electrons. The number of sulfonamides is 1. The molecular formula is C7H12N2O3S. The molecule has 6 heteroatoms. The monoisotopic (exact) mass is 204 g/mol. The highest BCUT2D eigenvalue weighted by Gasteiger charge is 2.07. The fourth-order valence-corrected chi connectivity index (χ4v) is 1.66. The van der Waals surface area contributed by atoms with Crippen molar-refractivity contribution in [3.63, 3.8) is 0 Å². The Hall–Kier alpha value is -0.850. The van der Waals surface area contributed by atoms with Crippen molar-refractivity contribution >= 4 is 10.0 Å². The summed E-state index contributed by atoms with van der Waals surface area (Å²) >= 11 is 0. The summed E-state index contributed by atoms with van der Waals surface area (Å²) in [6.07, 6.45) is 2.98. The second-order valence-electron chi connectivity index (χ2n) is 2.56. The van der Waals surface area contributed by atoms with Gasteiger partial charge in [0, 0.05) is 18.7 Å². The van der Waals surface area contributed by atoms with E-state index in [1.807, 2.05) is 0 Å². The fraction of sp³-hybridized carbons (Fsp3) is 0.429. The van der Waals surface area contributed by atoms with Crippen LogP contribution in [0.1, 0.15) is 5.56 Å². The van der Waals surface area contributed by atoms with Crippen molar-refractivity contribution in [2.75, 3.05) is 12.3 Å². The lowest BCUT2D eigenvalue weighted by Crippen LogP contribution is -2.29. The van der Waals surface area contributed by atoms with Gasteiger partial charge in [-0.2, -0.15) is 0 Å². The quantitative estimate of drug-likeness (QED) is 0.687. The lowest BCUT2D eigenvalue weighted by atomic mass is 10.4. The van der Waals surface area contributed by atoms with Gasteiger partial charge < -0.3 is 10.2 Å². The first kappa shape index (κ1) is 10.2. The Bertz CT molecular complexity index is 331. The van der Waals surface area contributed by atoms with Crippen LogP contribution in [0.4, 0.5) is 0 Å². The van der Waals surface area contributed by atoms with Crippen LogP contribution in [0.15, 0.2) is 23.0 Å². The van der Waals surface area contributed by atoms with E-state index in [4.69, 9.17) is 10.2 Å². The smallest absolute Gasteiger partial charge is 0.213 e. The average molecular weight is 204 g/mol. The molecule has 1 rings (SSSR count).